The molecule has 1 N–H and O–H groups in total. The molecule has 1 aliphatic rings. The van der Waals surface area contributed by atoms with Crippen molar-refractivity contribution in [3.63, 3.8) is 0 Å². The molecule has 0 aromatic heterocycles. The number of thiocarbonyl (C=S) groups is 1. The van der Waals surface area contributed by atoms with Gasteiger partial charge in [-0.25, -0.2) is 4.79 Å². The third-order valence-electron chi connectivity index (χ3n) is 3.89. The number of hydrogen-bond donors (Lipinski definition) is 1. The highest BCUT2D eigenvalue weighted by Crippen LogP contribution is 2.37. The van der Waals surface area contributed by atoms with E-state index in [0.717, 1.165) is 0 Å². The molecule has 6 nitrogen and oxygen atoms in total. The number of anilines is 1. The number of methoxy groups -OCH3 is 2. The summed E-state index contributed by atoms with van der Waals surface area (Å²) < 4.78 is 10.9. The van der Waals surface area contributed by atoms with Gasteiger partial charge in [-0.3, -0.25) is 9.69 Å². The fourth-order valence-corrected chi connectivity index (χ4v) is 3.83. The fourth-order valence-electron chi connectivity index (χ4n) is 2.54. The maximum Gasteiger partial charge on any atom is 0.335 e. The minimum atomic E-state index is -1.03. The Labute approximate surface area is 165 Å². The van der Waals surface area contributed by atoms with Crippen LogP contribution >= 0.6 is 24.0 Å². The molecule has 1 fully saturated rings. The van der Waals surface area contributed by atoms with E-state index in [2.05, 4.69) is 0 Å². The van der Waals surface area contributed by atoms with Crippen LogP contribution in [-0.4, -0.2) is 35.5 Å². The molecule has 0 spiro atoms. The maximum atomic E-state index is 12.9. The summed E-state index contributed by atoms with van der Waals surface area (Å²) in [6.45, 7) is 0. The second-order valence-corrected chi connectivity index (χ2v) is 7.15. The number of aromatic carboxylic acids is 1. The van der Waals surface area contributed by atoms with Crippen molar-refractivity contribution in [3.05, 3.63) is 58.5 Å². The Bertz CT molecular complexity index is 953. The number of nitrogens with zero attached hydrogens (tertiary/aromatic N) is 1. The van der Waals surface area contributed by atoms with Crippen LogP contribution in [0.3, 0.4) is 0 Å². The first-order valence-electron chi connectivity index (χ1n) is 7.78. The molecule has 0 bridgehead atoms. The zero-order chi connectivity index (χ0) is 19.6. The van der Waals surface area contributed by atoms with Crippen LogP contribution < -0.4 is 14.4 Å². The average Bonchev–Trinajstić information content (AvgIpc) is 2.95. The summed E-state index contributed by atoms with van der Waals surface area (Å²) in [5.41, 5.74) is 1.35. The largest absolute Gasteiger partial charge is 0.497 e. The Balaban J connectivity index is 1.94. The first kappa shape index (κ1) is 18.9. The first-order valence-corrected chi connectivity index (χ1v) is 9.00. The van der Waals surface area contributed by atoms with E-state index in [9.17, 15) is 9.59 Å². The van der Waals surface area contributed by atoms with Gasteiger partial charge in [-0.05, 0) is 48.5 Å². The topological polar surface area (TPSA) is 76.1 Å². The highest BCUT2D eigenvalue weighted by molar-refractivity contribution is 8.27. The standard InChI is InChI=1S/C19H15NO5S2/c1-24-14-7-8-15(25-2)12(9-14)10-16-17(21)20(19(26)27-16)13-5-3-11(4-6-13)18(22)23/h3-10H,1-2H3,(H,22,23)/b16-10-. The van der Waals surface area contributed by atoms with E-state index in [1.165, 1.54) is 28.8 Å². The van der Waals surface area contributed by atoms with Crippen LogP contribution in [0.5, 0.6) is 11.5 Å². The van der Waals surface area contributed by atoms with Gasteiger partial charge in [-0.1, -0.05) is 24.0 Å². The van der Waals surface area contributed by atoms with Gasteiger partial charge in [0.2, 0.25) is 0 Å². The van der Waals surface area contributed by atoms with Crippen molar-refractivity contribution in [2.75, 3.05) is 19.1 Å². The second kappa shape index (κ2) is 7.81. The van der Waals surface area contributed by atoms with Gasteiger partial charge in [0.15, 0.2) is 4.32 Å². The lowest BCUT2D eigenvalue weighted by Crippen LogP contribution is -2.27. The number of carbonyl (C=O) groups is 2. The molecule has 0 radical (unpaired) electrons. The highest BCUT2D eigenvalue weighted by Gasteiger charge is 2.33. The van der Waals surface area contributed by atoms with Gasteiger partial charge in [0, 0.05) is 5.56 Å². The number of rotatable bonds is 5. The zero-order valence-corrected chi connectivity index (χ0v) is 16.1. The average molecular weight is 401 g/mol. The summed E-state index contributed by atoms with van der Waals surface area (Å²) in [5, 5.41) is 9.00. The zero-order valence-electron chi connectivity index (χ0n) is 14.5. The van der Waals surface area contributed by atoms with Gasteiger partial charge >= 0.3 is 5.97 Å². The van der Waals surface area contributed by atoms with E-state index in [1.807, 2.05) is 0 Å². The fraction of sp³-hybridized carbons (Fsp3) is 0.105. The van der Waals surface area contributed by atoms with Gasteiger partial charge in [-0.15, -0.1) is 0 Å². The van der Waals surface area contributed by atoms with Crippen molar-refractivity contribution < 1.29 is 24.2 Å². The number of carboxylic acids is 1. The Morgan fingerprint density at radius 1 is 1.15 bits per heavy atom. The van der Waals surface area contributed by atoms with Crippen LogP contribution in [0, 0.1) is 0 Å². The lowest BCUT2D eigenvalue weighted by molar-refractivity contribution is -0.113. The quantitative estimate of drug-likeness (QED) is 0.603. The molecule has 1 saturated heterocycles. The molecule has 2 aromatic rings. The molecule has 1 aliphatic heterocycles. The van der Waals surface area contributed by atoms with Crippen LogP contribution in [0.15, 0.2) is 47.4 Å². The van der Waals surface area contributed by atoms with Crippen LogP contribution in [0.1, 0.15) is 15.9 Å². The van der Waals surface area contributed by atoms with Crippen LogP contribution in [-0.2, 0) is 4.79 Å². The predicted octanol–water partition coefficient (Wildman–Crippen LogP) is 3.81. The predicted molar refractivity (Wildman–Crippen MR) is 109 cm³/mol. The normalized spacial score (nSPS) is 15.3. The number of carboxylic acid groups (broad SMARTS) is 1. The lowest BCUT2D eigenvalue weighted by Gasteiger charge is -2.14. The summed E-state index contributed by atoms with van der Waals surface area (Å²) in [6, 6.07) is 11.3. The number of amides is 1. The Morgan fingerprint density at radius 3 is 2.44 bits per heavy atom. The maximum absolute atomic E-state index is 12.9. The molecule has 1 heterocycles. The molecule has 0 unspecified atom stereocenters. The summed E-state index contributed by atoms with van der Waals surface area (Å²) in [5.74, 6) is -0.0661. The summed E-state index contributed by atoms with van der Waals surface area (Å²) in [4.78, 5) is 25.7. The summed E-state index contributed by atoms with van der Waals surface area (Å²) in [7, 11) is 3.11. The summed E-state index contributed by atoms with van der Waals surface area (Å²) in [6.07, 6.45) is 1.70. The van der Waals surface area contributed by atoms with Crippen LogP contribution in [0.25, 0.3) is 6.08 Å². The van der Waals surface area contributed by atoms with E-state index in [-0.39, 0.29) is 11.5 Å². The third kappa shape index (κ3) is 3.81. The number of benzene rings is 2. The van der Waals surface area contributed by atoms with Crippen molar-refractivity contribution in [1.82, 2.24) is 0 Å². The van der Waals surface area contributed by atoms with Gasteiger partial charge < -0.3 is 14.6 Å². The lowest BCUT2D eigenvalue weighted by atomic mass is 10.1. The minimum absolute atomic E-state index is 0.140. The first-order chi connectivity index (χ1) is 12.9. The van der Waals surface area contributed by atoms with Crippen LogP contribution in [0.2, 0.25) is 0 Å². The monoisotopic (exact) mass is 401 g/mol. The van der Waals surface area contributed by atoms with Crippen molar-refractivity contribution in [3.8, 4) is 11.5 Å². The number of carbonyl (C=O) groups excluding carboxylic acids is 1. The third-order valence-corrected chi connectivity index (χ3v) is 5.19. The van der Waals surface area contributed by atoms with Gasteiger partial charge in [0.1, 0.15) is 11.5 Å². The molecule has 138 valence electrons. The van der Waals surface area contributed by atoms with E-state index in [4.69, 9.17) is 26.8 Å². The van der Waals surface area contributed by atoms with E-state index in [1.54, 1.807) is 50.6 Å². The smallest absolute Gasteiger partial charge is 0.335 e. The number of thioether (sulfide) groups is 1. The molecule has 27 heavy (non-hydrogen) atoms. The Hall–Kier alpha value is -2.84. The molecular formula is C19H15NO5S2. The summed E-state index contributed by atoms with van der Waals surface area (Å²) >= 11 is 6.51. The van der Waals surface area contributed by atoms with Gasteiger partial charge in [0.25, 0.3) is 5.91 Å². The van der Waals surface area contributed by atoms with E-state index in [0.29, 0.717) is 32.0 Å². The SMILES string of the molecule is COc1ccc(OC)c(/C=C2\SC(=S)N(c3ccc(C(=O)O)cc3)C2=O)c1. The molecule has 1 amide bonds. The molecule has 8 heteroatoms. The highest BCUT2D eigenvalue weighted by atomic mass is 32.2. The molecule has 2 aromatic carbocycles. The van der Waals surface area contributed by atoms with E-state index < -0.39 is 5.97 Å². The number of ether oxygens (including phenoxy) is 2. The molecule has 0 atom stereocenters. The Kier molecular flexibility index (Phi) is 5.48. The van der Waals surface area contributed by atoms with Crippen LogP contribution in [0.4, 0.5) is 5.69 Å². The molecular weight excluding hydrogens is 386 g/mol. The van der Waals surface area contributed by atoms with E-state index >= 15 is 0 Å². The van der Waals surface area contributed by atoms with Crippen molar-refractivity contribution in [2.24, 2.45) is 0 Å². The molecule has 0 saturated carbocycles. The minimum Gasteiger partial charge on any atom is -0.497 e. The second-order valence-electron chi connectivity index (χ2n) is 5.48. The van der Waals surface area contributed by atoms with Gasteiger partial charge in [0.05, 0.1) is 30.4 Å². The Morgan fingerprint density at radius 2 is 1.85 bits per heavy atom. The molecule has 0 aliphatic carbocycles. The molecule has 3 rings (SSSR count). The van der Waals surface area contributed by atoms with Gasteiger partial charge in [-0.2, -0.15) is 0 Å². The van der Waals surface area contributed by atoms with Crippen molar-refractivity contribution in [2.45, 2.75) is 0 Å². The van der Waals surface area contributed by atoms with Crippen molar-refractivity contribution >= 4 is 51.9 Å². The van der Waals surface area contributed by atoms with Crippen molar-refractivity contribution in [1.29, 1.82) is 0 Å². The number of hydrogen-bond acceptors (Lipinski definition) is 6.